The van der Waals surface area contributed by atoms with Crippen LogP contribution in [0.25, 0.3) is 0 Å². The van der Waals surface area contributed by atoms with Crippen LogP contribution >= 0.6 is 0 Å². The molecular formula is C26H35N3O. The van der Waals surface area contributed by atoms with Crippen molar-refractivity contribution in [2.45, 2.75) is 66.2 Å². The summed E-state index contributed by atoms with van der Waals surface area (Å²) in [5.41, 5.74) is 4.14. The average molecular weight is 406 g/mol. The van der Waals surface area contributed by atoms with Gasteiger partial charge in [0.25, 0.3) is 0 Å². The average Bonchev–Trinajstić information content (AvgIpc) is 2.67. The molecule has 4 heteroatoms. The lowest BCUT2D eigenvalue weighted by Gasteiger charge is -2.27. The highest BCUT2D eigenvalue weighted by molar-refractivity contribution is 5.55. The van der Waals surface area contributed by atoms with Crippen LogP contribution in [0.3, 0.4) is 0 Å². The third kappa shape index (κ3) is 6.10. The maximum Gasteiger partial charge on any atom is 0.123 e. The Morgan fingerprint density at radius 2 is 1.27 bits per heavy atom. The zero-order valence-corrected chi connectivity index (χ0v) is 19.7. The van der Waals surface area contributed by atoms with Gasteiger partial charge >= 0.3 is 0 Å². The van der Waals surface area contributed by atoms with E-state index in [2.05, 4.69) is 77.6 Å². The van der Waals surface area contributed by atoms with E-state index in [4.69, 9.17) is 0 Å². The van der Waals surface area contributed by atoms with E-state index in [1.807, 2.05) is 41.4 Å². The lowest BCUT2D eigenvalue weighted by Crippen LogP contribution is -2.17. The van der Waals surface area contributed by atoms with E-state index in [0.717, 1.165) is 41.0 Å². The van der Waals surface area contributed by atoms with Crippen LogP contribution < -0.4 is 0 Å². The molecule has 0 unspecified atom stereocenters. The predicted molar refractivity (Wildman–Crippen MR) is 125 cm³/mol. The topological polar surface area (TPSA) is 48.2 Å². The highest BCUT2D eigenvalue weighted by atomic mass is 16.3. The Labute approximate surface area is 182 Å². The van der Waals surface area contributed by atoms with Gasteiger partial charge in [0.15, 0.2) is 0 Å². The molecule has 2 rings (SSSR count). The van der Waals surface area contributed by atoms with Gasteiger partial charge in [-0.25, -0.2) is 0 Å². The van der Waals surface area contributed by atoms with E-state index in [0.29, 0.717) is 5.75 Å². The molecule has 0 bridgehead atoms. The van der Waals surface area contributed by atoms with E-state index < -0.39 is 0 Å². The Kier molecular flexibility index (Phi) is 7.31. The molecule has 0 spiro atoms. The maximum atomic E-state index is 10.9. The molecule has 0 aromatic heterocycles. The van der Waals surface area contributed by atoms with Crippen molar-refractivity contribution in [2.75, 3.05) is 13.1 Å². The number of benzene rings is 2. The van der Waals surface area contributed by atoms with Gasteiger partial charge in [0.05, 0.1) is 5.69 Å². The SMILES string of the molecule is CCN(CC)N=Nc1ccc(C#Cc2cc(C(C)(C)C)c(O)c(C(C)(C)C)c2)cc1. The molecule has 0 aliphatic carbocycles. The monoisotopic (exact) mass is 405 g/mol. The van der Waals surface area contributed by atoms with Crippen molar-refractivity contribution < 1.29 is 5.11 Å². The minimum absolute atomic E-state index is 0.167. The first-order chi connectivity index (χ1) is 14.0. The van der Waals surface area contributed by atoms with Crippen LogP contribution in [0.5, 0.6) is 5.75 Å². The zero-order valence-electron chi connectivity index (χ0n) is 19.7. The van der Waals surface area contributed by atoms with Gasteiger partial charge in [-0.3, -0.25) is 5.01 Å². The molecule has 0 amide bonds. The lowest BCUT2D eigenvalue weighted by atomic mass is 9.78. The summed E-state index contributed by atoms with van der Waals surface area (Å²) in [5.74, 6) is 6.89. The fourth-order valence-electron chi connectivity index (χ4n) is 3.07. The highest BCUT2D eigenvalue weighted by Crippen LogP contribution is 2.39. The van der Waals surface area contributed by atoms with Crippen molar-refractivity contribution >= 4 is 5.69 Å². The van der Waals surface area contributed by atoms with Crippen molar-refractivity contribution in [1.29, 1.82) is 0 Å². The molecule has 0 radical (unpaired) electrons. The summed E-state index contributed by atoms with van der Waals surface area (Å²) < 4.78 is 0. The lowest BCUT2D eigenvalue weighted by molar-refractivity contribution is 0.301. The summed E-state index contributed by atoms with van der Waals surface area (Å²) in [6.07, 6.45) is 0. The highest BCUT2D eigenvalue weighted by Gasteiger charge is 2.26. The molecule has 1 N–H and O–H groups in total. The van der Waals surface area contributed by atoms with E-state index >= 15 is 0 Å². The van der Waals surface area contributed by atoms with Crippen LogP contribution in [0.2, 0.25) is 0 Å². The van der Waals surface area contributed by atoms with E-state index in [1.54, 1.807) is 0 Å². The number of nitrogens with zero attached hydrogens (tertiary/aromatic N) is 3. The van der Waals surface area contributed by atoms with E-state index in [1.165, 1.54) is 0 Å². The minimum atomic E-state index is -0.167. The summed E-state index contributed by atoms with van der Waals surface area (Å²) in [5, 5.41) is 21.3. The molecule has 0 saturated carbocycles. The van der Waals surface area contributed by atoms with Crippen LogP contribution in [-0.2, 0) is 10.8 Å². The Balaban J connectivity index is 2.35. The number of phenolic OH excluding ortho intramolecular Hbond substituents is 1. The predicted octanol–water partition coefficient (Wildman–Crippen LogP) is 6.73. The normalized spacial score (nSPS) is 12.0. The van der Waals surface area contributed by atoms with Crippen LogP contribution in [0.15, 0.2) is 46.7 Å². The first-order valence-corrected chi connectivity index (χ1v) is 10.6. The molecule has 4 nitrogen and oxygen atoms in total. The molecule has 0 saturated heterocycles. The summed E-state index contributed by atoms with van der Waals surface area (Å²) >= 11 is 0. The summed E-state index contributed by atoms with van der Waals surface area (Å²) in [6, 6.07) is 11.8. The van der Waals surface area contributed by atoms with Crippen molar-refractivity contribution in [2.24, 2.45) is 10.3 Å². The third-order valence-electron chi connectivity index (χ3n) is 4.96. The van der Waals surface area contributed by atoms with Gasteiger partial charge in [-0.05, 0) is 61.1 Å². The van der Waals surface area contributed by atoms with Crippen molar-refractivity contribution in [3.63, 3.8) is 0 Å². The Morgan fingerprint density at radius 3 is 1.70 bits per heavy atom. The van der Waals surface area contributed by atoms with Crippen LogP contribution in [0.4, 0.5) is 5.69 Å². The quantitative estimate of drug-likeness (QED) is 0.348. The second kappa shape index (κ2) is 9.34. The number of phenols is 1. The number of hydrogen-bond acceptors (Lipinski definition) is 3. The fraction of sp³-hybridized carbons (Fsp3) is 0.462. The molecule has 30 heavy (non-hydrogen) atoms. The molecule has 0 fully saturated rings. The van der Waals surface area contributed by atoms with Gasteiger partial charge in [-0.15, -0.1) is 5.11 Å². The molecule has 0 atom stereocenters. The van der Waals surface area contributed by atoms with Crippen LogP contribution in [-0.4, -0.2) is 23.2 Å². The summed E-state index contributed by atoms with van der Waals surface area (Å²) in [4.78, 5) is 0. The zero-order chi connectivity index (χ0) is 22.5. The van der Waals surface area contributed by atoms with Crippen molar-refractivity contribution in [1.82, 2.24) is 5.01 Å². The van der Waals surface area contributed by atoms with Crippen LogP contribution in [0, 0.1) is 11.8 Å². The molecule has 0 heterocycles. The second-order valence-corrected chi connectivity index (χ2v) is 9.55. The number of rotatable bonds is 4. The second-order valence-electron chi connectivity index (χ2n) is 9.55. The Bertz CT molecular complexity index is 910. The molecule has 2 aromatic rings. The van der Waals surface area contributed by atoms with Gasteiger partial charge < -0.3 is 5.11 Å². The maximum absolute atomic E-state index is 10.9. The number of hydrogen-bond donors (Lipinski definition) is 1. The molecular weight excluding hydrogens is 370 g/mol. The number of aromatic hydroxyl groups is 1. The van der Waals surface area contributed by atoms with Gasteiger partial charge in [0, 0.05) is 35.3 Å². The van der Waals surface area contributed by atoms with Crippen molar-refractivity contribution in [3.05, 3.63) is 58.7 Å². The standard InChI is InChI=1S/C26H35N3O/c1-9-29(10-2)28-27-21-15-13-19(14-16-21)11-12-20-17-22(25(3,4)5)24(30)23(18-20)26(6,7)8/h13-18,30H,9-10H2,1-8H3. The smallest absolute Gasteiger partial charge is 0.123 e. The largest absolute Gasteiger partial charge is 0.507 e. The third-order valence-corrected chi connectivity index (χ3v) is 4.96. The minimum Gasteiger partial charge on any atom is -0.507 e. The van der Waals surface area contributed by atoms with Gasteiger partial charge in [0.1, 0.15) is 5.75 Å². The fourth-order valence-corrected chi connectivity index (χ4v) is 3.07. The molecule has 160 valence electrons. The van der Waals surface area contributed by atoms with E-state index in [-0.39, 0.29) is 10.8 Å². The first kappa shape index (κ1) is 23.5. The molecule has 0 aliphatic heterocycles. The van der Waals surface area contributed by atoms with Crippen LogP contribution in [0.1, 0.15) is 77.6 Å². The molecule has 0 aliphatic rings. The van der Waals surface area contributed by atoms with Gasteiger partial charge in [-0.2, -0.15) is 0 Å². The first-order valence-electron chi connectivity index (χ1n) is 10.6. The van der Waals surface area contributed by atoms with Gasteiger partial charge in [0.2, 0.25) is 0 Å². The summed E-state index contributed by atoms with van der Waals surface area (Å²) in [7, 11) is 0. The molecule has 2 aromatic carbocycles. The Morgan fingerprint density at radius 1 is 0.800 bits per heavy atom. The Hall–Kier alpha value is -2.80. The van der Waals surface area contributed by atoms with E-state index in [9.17, 15) is 5.11 Å². The van der Waals surface area contributed by atoms with Crippen molar-refractivity contribution in [3.8, 4) is 17.6 Å². The summed E-state index contributed by atoms with van der Waals surface area (Å²) in [6.45, 7) is 18.4. The van der Waals surface area contributed by atoms with Gasteiger partial charge in [-0.1, -0.05) is 58.6 Å².